The van der Waals surface area contributed by atoms with Gasteiger partial charge < -0.3 is 10.0 Å². The summed E-state index contributed by atoms with van der Waals surface area (Å²) in [5, 5.41) is 17.9. The van der Waals surface area contributed by atoms with Gasteiger partial charge in [0.1, 0.15) is 0 Å². The predicted octanol–water partition coefficient (Wildman–Crippen LogP) is 4.42. The Morgan fingerprint density at radius 2 is 1.78 bits per heavy atom. The van der Waals surface area contributed by atoms with Crippen LogP contribution in [0.3, 0.4) is 0 Å². The smallest absolute Gasteiger partial charge is 0.335 e. The van der Waals surface area contributed by atoms with Crippen molar-refractivity contribution >= 4 is 55.3 Å². The summed E-state index contributed by atoms with van der Waals surface area (Å²) in [4.78, 5) is 26.9. The van der Waals surface area contributed by atoms with Crippen LogP contribution in [0.1, 0.15) is 10.4 Å². The quantitative estimate of drug-likeness (QED) is 0.527. The summed E-state index contributed by atoms with van der Waals surface area (Å²) in [7, 11) is 3.95. The van der Waals surface area contributed by atoms with Gasteiger partial charge >= 0.3 is 5.97 Å². The van der Waals surface area contributed by atoms with Crippen molar-refractivity contribution in [2.24, 2.45) is 10.2 Å². The zero-order valence-electron chi connectivity index (χ0n) is 14.5. The Morgan fingerprint density at radius 3 is 2.48 bits per heavy atom. The second-order valence-electron chi connectivity index (χ2n) is 5.97. The molecule has 0 unspecified atom stereocenters. The lowest BCUT2D eigenvalue weighted by atomic mass is 10.2. The lowest BCUT2D eigenvalue weighted by molar-refractivity contribution is 0.0697. The first-order valence-corrected chi connectivity index (χ1v) is 8.82. The molecule has 0 aliphatic carbocycles. The van der Waals surface area contributed by atoms with E-state index in [2.05, 4.69) is 25.2 Å². The summed E-state index contributed by atoms with van der Waals surface area (Å²) < 4.78 is 0. The van der Waals surface area contributed by atoms with Gasteiger partial charge in [0.2, 0.25) is 5.13 Å². The molecule has 0 saturated carbocycles. The number of thiazole rings is 1. The highest BCUT2D eigenvalue weighted by molar-refractivity contribution is 7.21. The summed E-state index contributed by atoms with van der Waals surface area (Å²) in [6.07, 6.45) is 0. The third kappa shape index (κ3) is 3.44. The van der Waals surface area contributed by atoms with Crippen LogP contribution in [0.2, 0.25) is 0 Å². The molecule has 134 valence electrons. The van der Waals surface area contributed by atoms with E-state index in [1.807, 2.05) is 43.3 Å². The molecule has 0 bridgehead atoms. The Kier molecular flexibility index (Phi) is 4.21. The minimum atomic E-state index is -1.01. The van der Waals surface area contributed by atoms with Crippen LogP contribution in [0.4, 0.5) is 16.5 Å². The summed E-state index contributed by atoms with van der Waals surface area (Å²) in [5.74, 6) is -1.01. The van der Waals surface area contributed by atoms with Gasteiger partial charge in [-0.1, -0.05) is 11.3 Å². The summed E-state index contributed by atoms with van der Waals surface area (Å²) in [6, 6.07) is 12.3. The van der Waals surface area contributed by atoms with Crippen LogP contribution in [0.15, 0.2) is 52.7 Å². The number of carboxylic acids is 1. The number of fused-ring (bicyclic) bond motifs is 2. The summed E-state index contributed by atoms with van der Waals surface area (Å²) in [6.45, 7) is 0. The fourth-order valence-corrected chi connectivity index (χ4v) is 3.18. The molecule has 27 heavy (non-hydrogen) atoms. The Balaban J connectivity index is 1.66. The van der Waals surface area contributed by atoms with E-state index in [0.29, 0.717) is 26.6 Å². The van der Waals surface area contributed by atoms with Gasteiger partial charge in [-0.2, -0.15) is 4.98 Å². The first-order valence-electron chi connectivity index (χ1n) is 8.00. The van der Waals surface area contributed by atoms with E-state index < -0.39 is 5.97 Å². The number of aromatic nitrogens is 3. The average Bonchev–Trinajstić information content (AvgIpc) is 3.05. The number of carbonyl (C=O) groups is 1. The first kappa shape index (κ1) is 17.0. The fourth-order valence-electron chi connectivity index (χ4n) is 2.46. The summed E-state index contributed by atoms with van der Waals surface area (Å²) >= 11 is 1.28. The second kappa shape index (κ2) is 6.69. The Bertz CT molecular complexity index is 1180. The Morgan fingerprint density at radius 1 is 1.00 bits per heavy atom. The van der Waals surface area contributed by atoms with Crippen molar-refractivity contribution in [2.45, 2.75) is 0 Å². The number of nitrogens with zero attached hydrogens (tertiary/aromatic N) is 6. The van der Waals surface area contributed by atoms with Gasteiger partial charge in [0, 0.05) is 19.8 Å². The molecule has 0 atom stereocenters. The van der Waals surface area contributed by atoms with Crippen LogP contribution in [-0.2, 0) is 0 Å². The maximum absolute atomic E-state index is 11.1. The molecule has 0 saturated heterocycles. The molecule has 9 heteroatoms. The molecule has 2 aromatic heterocycles. The molecule has 1 N–H and O–H groups in total. The van der Waals surface area contributed by atoms with Crippen molar-refractivity contribution in [3.8, 4) is 0 Å². The molecule has 0 spiro atoms. The van der Waals surface area contributed by atoms with Crippen LogP contribution >= 0.6 is 11.3 Å². The molecule has 4 aromatic rings. The zero-order valence-corrected chi connectivity index (χ0v) is 15.3. The number of aromatic carboxylic acids is 1. The maximum atomic E-state index is 11.1. The van der Waals surface area contributed by atoms with Crippen LogP contribution in [-0.4, -0.2) is 40.1 Å². The minimum Gasteiger partial charge on any atom is -0.478 e. The van der Waals surface area contributed by atoms with Gasteiger partial charge in [0.15, 0.2) is 10.5 Å². The molecule has 2 aromatic carbocycles. The Hall–Kier alpha value is -3.46. The largest absolute Gasteiger partial charge is 0.478 e. The molecule has 0 aliphatic heterocycles. The van der Waals surface area contributed by atoms with Gasteiger partial charge in [0.05, 0.1) is 22.3 Å². The fraction of sp³-hybridized carbons (Fsp3) is 0.111. The minimum absolute atomic E-state index is 0.160. The van der Waals surface area contributed by atoms with E-state index >= 15 is 0 Å². The standard InChI is InChI=1S/C18H14N6O2S/c1-24(2)12-6-4-11(5-7-12)22-23-18-21-15-16(27-18)20-13-8-3-10(17(25)26)9-14(13)19-15/h3-9H,1-2H3,(H,25,26)/b23-22+. The molecule has 0 fully saturated rings. The number of hydrogen-bond acceptors (Lipinski definition) is 8. The van der Waals surface area contributed by atoms with Gasteiger partial charge in [-0.25, -0.2) is 14.8 Å². The molecule has 0 amide bonds. The first-order chi connectivity index (χ1) is 13.0. The van der Waals surface area contributed by atoms with Crippen molar-refractivity contribution in [3.05, 3.63) is 48.0 Å². The number of benzene rings is 2. The third-order valence-electron chi connectivity index (χ3n) is 3.87. The van der Waals surface area contributed by atoms with Crippen molar-refractivity contribution in [1.29, 1.82) is 0 Å². The number of azo groups is 1. The maximum Gasteiger partial charge on any atom is 0.335 e. The molecule has 2 heterocycles. The average molecular weight is 378 g/mol. The molecule has 0 radical (unpaired) electrons. The van der Waals surface area contributed by atoms with E-state index in [4.69, 9.17) is 5.11 Å². The van der Waals surface area contributed by atoms with E-state index in [9.17, 15) is 4.79 Å². The summed E-state index contributed by atoms with van der Waals surface area (Å²) in [5.41, 5.74) is 3.47. The number of hydrogen-bond donors (Lipinski definition) is 1. The van der Waals surface area contributed by atoms with Crippen molar-refractivity contribution in [3.63, 3.8) is 0 Å². The number of carboxylic acid groups (broad SMARTS) is 1. The highest BCUT2D eigenvalue weighted by Gasteiger charge is 2.10. The van der Waals surface area contributed by atoms with Crippen LogP contribution < -0.4 is 4.90 Å². The predicted molar refractivity (Wildman–Crippen MR) is 105 cm³/mol. The molecular weight excluding hydrogens is 364 g/mol. The van der Waals surface area contributed by atoms with Gasteiger partial charge in [-0.05, 0) is 42.5 Å². The Labute approximate surface area is 157 Å². The van der Waals surface area contributed by atoms with E-state index in [1.165, 1.54) is 23.5 Å². The van der Waals surface area contributed by atoms with E-state index in [1.54, 1.807) is 6.07 Å². The van der Waals surface area contributed by atoms with Crippen molar-refractivity contribution in [1.82, 2.24) is 15.0 Å². The highest BCUT2D eigenvalue weighted by atomic mass is 32.1. The van der Waals surface area contributed by atoms with Gasteiger partial charge in [0.25, 0.3) is 0 Å². The molecular formula is C18H14N6O2S. The monoisotopic (exact) mass is 378 g/mol. The van der Waals surface area contributed by atoms with Gasteiger partial charge in [-0.15, -0.1) is 10.2 Å². The normalized spacial score (nSPS) is 11.5. The molecule has 0 aliphatic rings. The van der Waals surface area contributed by atoms with Crippen molar-refractivity contribution in [2.75, 3.05) is 19.0 Å². The topological polar surface area (TPSA) is 104 Å². The lowest BCUT2D eigenvalue weighted by Gasteiger charge is -2.11. The second-order valence-corrected chi connectivity index (χ2v) is 6.92. The number of rotatable bonds is 4. The van der Waals surface area contributed by atoms with Crippen LogP contribution in [0.5, 0.6) is 0 Å². The highest BCUT2D eigenvalue weighted by Crippen LogP contribution is 2.29. The van der Waals surface area contributed by atoms with Crippen molar-refractivity contribution < 1.29 is 9.90 Å². The van der Waals surface area contributed by atoms with Crippen LogP contribution in [0.25, 0.3) is 21.5 Å². The third-order valence-corrected chi connectivity index (χ3v) is 4.69. The van der Waals surface area contributed by atoms with E-state index in [-0.39, 0.29) is 5.56 Å². The van der Waals surface area contributed by atoms with E-state index in [0.717, 1.165) is 11.4 Å². The number of anilines is 1. The van der Waals surface area contributed by atoms with Crippen LogP contribution in [0, 0.1) is 0 Å². The molecule has 4 rings (SSSR count). The zero-order chi connectivity index (χ0) is 19.0. The van der Waals surface area contributed by atoms with Gasteiger partial charge in [-0.3, -0.25) is 0 Å². The molecule has 8 nitrogen and oxygen atoms in total. The SMILES string of the molecule is CN(C)c1ccc(/N=N/c2nc3nc4cc(C(=O)O)ccc4nc3s2)cc1. The lowest BCUT2D eigenvalue weighted by Crippen LogP contribution is -2.07.